The Morgan fingerprint density at radius 1 is 1.39 bits per heavy atom. The van der Waals surface area contributed by atoms with Crippen molar-refractivity contribution in [1.29, 1.82) is 0 Å². The molecule has 1 aromatic rings. The predicted octanol–water partition coefficient (Wildman–Crippen LogP) is 1.23. The maximum atomic E-state index is 11.3. The zero-order valence-corrected chi connectivity index (χ0v) is 10.7. The Hall–Kier alpha value is -1.36. The number of anilines is 1. The van der Waals surface area contributed by atoms with E-state index in [2.05, 4.69) is 20.2 Å². The predicted molar refractivity (Wildman–Crippen MR) is 68.5 cm³/mol. The third kappa shape index (κ3) is 2.27. The topological polar surface area (TPSA) is 58.1 Å². The second kappa shape index (κ2) is 4.72. The number of carbonyl (C=O) groups is 1. The number of carbonyl (C=O) groups excluding carboxylic acids is 1. The van der Waals surface area contributed by atoms with Gasteiger partial charge in [-0.3, -0.25) is 9.78 Å². The van der Waals surface area contributed by atoms with Crippen molar-refractivity contribution in [3.63, 3.8) is 0 Å². The van der Waals surface area contributed by atoms with Gasteiger partial charge >= 0.3 is 0 Å². The Bertz CT molecular complexity index is 467. The first kappa shape index (κ1) is 11.7. The molecule has 2 saturated heterocycles. The molecule has 0 spiro atoms. The molecule has 0 radical (unpaired) electrons. The average molecular weight is 267 g/mol. The number of fused-ring (bicyclic) bond motifs is 1. The van der Waals surface area contributed by atoms with Crippen molar-refractivity contribution in [2.45, 2.75) is 25.3 Å². The molecule has 2 fully saturated rings. The fraction of sp³-hybridized carbons (Fsp3) is 0.583. The van der Waals surface area contributed by atoms with Crippen LogP contribution in [0.3, 0.4) is 0 Å². The molecule has 18 heavy (non-hydrogen) atoms. The van der Waals surface area contributed by atoms with Crippen LogP contribution < -0.4 is 10.2 Å². The minimum absolute atomic E-state index is 0.187. The lowest BCUT2D eigenvalue weighted by atomic mass is 9.85. The summed E-state index contributed by atoms with van der Waals surface area (Å²) in [6.45, 7) is 1.80. The molecule has 5 nitrogen and oxygen atoms in total. The van der Waals surface area contributed by atoms with Gasteiger partial charge in [-0.05, 0) is 18.8 Å². The summed E-state index contributed by atoms with van der Waals surface area (Å²) in [7, 11) is 0. The number of hydrogen-bond acceptors (Lipinski definition) is 4. The van der Waals surface area contributed by atoms with E-state index in [0.717, 1.165) is 31.7 Å². The van der Waals surface area contributed by atoms with Crippen molar-refractivity contribution in [3.05, 3.63) is 17.5 Å². The van der Waals surface area contributed by atoms with Gasteiger partial charge in [0.1, 0.15) is 11.0 Å². The first-order chi connectivity index (χ1) is 8.72. The summed E-state index contributed by atoms with van der Waals surface area (Å²) in [4.78, 5) is 21.9. The number of halogens is 1. The van der Waals surface area contributed by atoms with E-state index in [4.69, 9.17) is 11.6 Å². The Balaban J connectivity index is 1.72. The largest absolute Gasteiger partial charge is 0.355 e. The SMILES string of the molecule is O=C1CCC2CN(c3cncc(Cl)n3)CCC2N1. The fourth-order valence-corrected chi connectivity index (χ4v) is 2.95. The Kier molecular flexibility index (Phi) is 3.07. The van der Waals surface area contributed by atoms with Crippen LogP contribution in [0.15, 0.2) is 12.4 Å². The molecule has 96 valence electrons. The number of nitrogens with zero attached hydrogens (tertiary/aromatic N) is 3. The van der Waals surface area contributed by atoms with E-state index in [1.807, 2.05) is 0 Å². The van der Waals surface area contributed by atoms with Crippen LogP contribution in [0.1, 0.15) is 19.3 Å². The van der Waals surface area contributed by atoms with E-state index in [9.17, 15) is 4.79 Å². The van der Waals surface area contributed by atoms with Gasteiger partial charge in [-0.25, -0.2) is 4.98 Å². The monoisotopic (exact) mass is 266 g/mol. The third-order valence-corrected chi connectivity index (χ3v) is 3.92. The van der Waals surface area contributed by atoms with E-state index >= 15 is 0 Å². The molecule has 1 aromatic heterocycles. The van der Waals surface area contributed by atoms with Gasteiger partial charge in [0.05, 0.1) is 12.4 Å². The first-order valence-electron chi connectivity index (χ1n) is 6.24. The number of rotatable bonds is 1. The molecule has 6 heteroatoms. The molecule has 2 unspecified atom stereocenters. The smallest absolute Gasteiger partial charge is 0.220 e. The van der Waals surface area contributed by atoms with Gasteiger partial charge in [0.2, 0.25) is 5.91 Å². The summed E-state index contributed by atoms with van der Waals surface area (Å²) in [5, 5.41) is 3.50. The minimum atomic E-state index is 0.187. The Morgan fingerprint density at radius 3 is 3.11 bits per heavy atom. The normalized spacial score (nSPS) is 27.6. The van der Waals surface area contributed by atoms with E-state index in [0.29, 0.717) is 23.5 Å². The van der Waals surface area contributed by atoms with Gasteiger partial charge in [-0.1, -0.05) is 11.6 Å². The van der Waals surface area contributed by atoms with Crippen LogP contribution in [-0.4, -0.2) is 35.0 Å². The fourth-order valence-electron chi connectivity index (χ4n) is 2.80. The van der Waals surface area contributed by atoms with Crippen LogP contribution in [0.4, 0.5) is 5.82 Å². The molecule has 3 rings (SSSR count). The van der Waals surface area contributed by atoms with Gasteiger partial charge in [-0.2, -0.15) is 0 Å². The Morgan fingerprint density at radius 2 is 2.28 bits per heavy atom. The maximum Gasteiger partial charge on any atom is 0.220 e. The van der Waals surface area contributed by atoms with Gasteiger partial charge < -0.3 is 10.2 Å². The molecule has 0 bridgehead atoms. The van der Waals surface area contributed by atoms with Crippen LogP contribution in [0, 0.1) is 5.92 Å². The number of aromatic nitrogens is 2. The van der Waals surface area contributed by atoms with Crippen LogP contribution in [0.5, 0.6) is 0 Å². The van der Waals surface area contributed by atoms with Gasteiger partial charge in [0.25, 0.3) is 0 Å². The zero-order chi connectivity index (χ0) is 12.5. The van der Waals surface area contributed by atoms with Crippen LogP contribution in [0.2, 0.25) is 5.15 Å². The van der Waals surface area contributed by atoms with Crippen LogP contribution >= 0.6 is 11.6 Å². The molecule has 3 heterocycles. The van der Waals surface area contributed by atoms with E-state index in [1.54, 1.807) is 12.4 Å². The van der Waals surface area contributed by atoms with E-state index < -0.39 is 0 Å². The van der Waals surface area contributed by atoms with Crippen molar-refractivity contribution in [2.75, 3.05) is 18.0 Å². The molecule has 1 amide bonds. The van der Waals surface area contributed by atoms with Crippen molar-refractivity contribution in [3.8, 4) is 0 Å². The lowest BCUT2D eigenvalue weighted by molar-refractivity contribution is -0.124. The molecule has 0 aliphatic carbocycles. The molecule has 2 aliphatic heterocycles. The summed E-state index contributed by atoms with van der Waals surface area (Å²) in [6, 6.07) is 0.328. The highest BCUT2D eigenvalue weighted by Gasteiger charge is 2.34. The molecular formula is C12H15ClN4O. The highest BCUT2D eigenvalue weighted by Crippen LogP contribution is 2.27. The molecule has 2 atom stereocenters. The summed E-state index contributed by atoms with van der Waals surface area (Å²) in [5.41, 5.74) is 0. The molecule has 0 aromatic carbocycles. The van der Waals surface area contributed by atoms with Crippen LogP contribution in [-0.2, 0) is 4.79 Å². The maximum absolute atomic E-state index is 11.3. The lowest BCUT2D eigenvalue weighted by Crippen LogP contribution is -2.54. The number of hydrogen-bond donors (Lipinski definition) is 1. The first-order valence-corrected chi connectivity index (χ1v) is 6.62. The van der Waals surface area contributed by atoms with Crippen molar-refractivity contribution in [1.82, 2.24) is 15.3 Å². The lowest BCUT2D eigenvalue weighted by Gasteiger charge is -2.41. The summed E-state index contributed by atoms with van der Waals surface area (Å²) in [6.07, 6.45) is 5.84. The highest BCUT2D eigenvalue weighted by molar-refractivity contribution is 6.29. The number of amides is 1. The minimum Gasteiger partial charge on any atom is -0.355 e. The summed E-state index contributed by atoms with van der Waals surface area (Å²) >= 11 is 5.86. The van der Waals surface area contributed by atoms with Crippen LogP contribution in [0.25, 0.3) is 0 Å². The standard InChI is InChI=1S/C12H15ClN4O/c13-10-5-14-6-11(16-10)17-4-3-9-8(7-17)1-2-12(18)15-9/h5-6,8-9H,1-4,7H2,(H,15,18). The van der Waals surface area contributed by atoms with Crippen molar-refractivity contribution in [2.24, 2.45) is 5.92 Å². The molecule has 1 N–H and O–H groups in total. The second-order valence-electron chi connectivity index (χ2n) is 4.91. The highest BCUT2D eigenvalue weighted by atomic mass is 35.5. The van der Waals surface area contributed by atoms with E-state index in [1.165, 1.54) is 0 Å². The summed E-state index contributed by atoms with van der Waals surface area (Å²) in [5.74, 6) is 1.53. The van der Waals surface area contributed by atoms with E-state index in [-0.39, 0.29) is 5.91 Å². The van der Waals surface area contributed by atoms with Crippen molar-refractivity contribution >= 4 is 23.3 Å². The molecular weight excluding hydrogens is 252 g/mol. The van der Waals surface area contributed by atoms with Gasteiger partial charge in [-0.15, -0.1) is 0 Å². The molecule has 2 aliphatic rings. The second-order valence-corrected chi connectivity index (χ2v) is 5.29. The number of piperidine rings is 2. The number of nitrogens with one attached hydrogen (secondary N) is 1. The Labute approximate surface area is 111 Å². The molecule has 0 saturated carbocycles. The average Bonchev–Trinajstić information content (AvgIpc) is 2.38. The van der Waals surface area contributed by atoms with Gasteiger partial charge in [0.15, 0.2) is 0 Å². The quantitative estimate of drug-likeness (QED) is 0.831. The van der Waals surface area contributed by atoms with Gasteiger partial charge in [0, 0.05) is 25.6 Å². The zero-order valence-electron chi connectivity index (χ0n) is 9.97. The third-order valence-electron chi connectivity index (χ3n) is 3.74. The van der Waals surface area contributed by atoms with Crippen molar-refractivity contribution < 1.29 is 4.79 Å². The summed E-state index contributed by atoms with van der Waals surface area (Å²) < 4.78 is 0.